The van der Waals surface area contributed by atoms with E-state index in [4.69, 9.17) is 0 Å². The van der Waals surface area contributed by atoms with E-state index in [1.54, 1.807) is 44.2 Å². The van der Waals surface area contributed by atoms with Crippen LogP contribution in [0.5, 0.6) is 0 Å². The van der Waals surface area contributed by atoms with Gasteiger partial charge in [-0.2, -0.15) is 0 Å². The Kier molecular flexibility index (Phi) is 7.11. The molecule has 0 saturated heterocycles. The molecule has 0 unspecified atom stereocenters. The van der Waals surface area contributed by atoms with Crippen molar-refractivity contribution < 1.29 is 19.5 Å². The minimum Gasteiger partial charge on any atom is -0.548 e. The van der Waals surface area contributed by atoms with Crippen molar-refractivity contribution in [3.63, 3.8) is 0 Å². The monoisotopic (exact) mass is 367 g/mol. The number of carbonyl (C=O) groups excluding carboxylic acids is 3. The first-order valence-electron chi connectivity index (χ1n) is 8.79. The summed E-state index contributed by atoms with van der Waals surface area (Å²) >= 11 is 0. The van der Waals surface area contributed by atoms with E-state index >= 15 is 0 Å². The molecule has 0 spiro atoms. The molecule has 0 heterocycles. The quantitative estimate of drug-likeness (QED) is 0.725. The maximum Gasteiger partial charge on any atom is 0.251 e. The predicted octanol–water partition coefficient (Wildman–Crippen LogP) is 0.918. The van der Waals surface area contributed by atoms with E-state index in [1.165, 1.54) is 0 Å². The Morgan fingerprint density at radius 2 is 1.44 bits per heavy atom. The van der Waals surface area contributed by atoms with E-state index < -0.39 is 29.9 Å². The fourth-order valence-electron chi connectivity index (χ4n) is 2.64. The Bertz CT molecular complexity index is 775. The van der Waals surface area contributed by atoms with Crippen molar-refractivity contribution in [1.82, 2.24) is 10.6 Å². The van der Waals surface area contributed by atoms with Crippen LogP contribution in [0.1, 0.15) is 29.8 Å². The number of aliphatic carboxylic acids is 1. The van der Waals surface area contributed by atoms with Gasteiger partial charge in [-0.15, -0.1) is 0 Å². The first-order valence-corrected chi connectivity index (χ1v) is 8.79. The fourth-order valence-corrected chi connectivity index (χ4v) is 2.64. The van der Waals surface area contributed by atoms with Gasteiger partial charge in [-0.25, -0.2) is 0 Å². The average molecular weight is 367 g/mol. The smallest absolute Gasteiger partial charge is 0.251 e. The molecule has 2 aromatic carbocycles. The molecule has 2 aromatic rings. The molecule has 2 amide bonds. The second-order valence-electron chi connectivity index (χ2n) is 6.63. The molecule has 2 rings (SSSR count). The number of hydrogen-bond donors (Lipinski definition) is 2. The lowest BCUT2D eigenvalue weighted by molar-refractivity contribution is -0.309. The predicted molar refractivity (Wildman–Crippen MR) is 99.6 cm³/mol. The first kappa shape index (κ1) is 20.2. The van der Waals surface area contributed by atoms with Gasteiger partial charge in [-0.05, 0) is 23.6 Å². The Labute approximate surface area is 158 Å². The lowest BCUT2D eigenvalue weighted by atomic mass is 10.0. The van der Waals surface area contributed by atoms with Gasteiger partial charge in [0.1, 0.15) is 6.04 Å². The number of carboxylic acid groups (broad SMARTS) is 1. The van der Waals surface area contributed by atoms with E-state index in [-0.39, 0.29) is 12.3 Å². The van der Waals surface area contributed by atoms with Crippen molar-refractivity contribution >= 4 is 17.8 Å². The van der Waals surface area contributed by atoms with Gasteiger partial charge in [0.2, 0.25) is 5.91 Å². The van der Waals surface area contributed by atoms with Crippen LogP contribution in [0.25, 0.3) is 0 Å². The third-order valence-electron chi connectivity index (χ3n) is 4.16. The third-order valence-corrected chi connectivity index (χ3v) is 4.16. The SMILES string of the molecule is CC(C)[C@H](NC(=O)[C@@H](Cc1ccccc1)NC(=O)c1ccccc1)C(=O)[O-]. The van der Waals surface area contributed by atoms with Crippen LogP contribution in [0.4, 0.5) is 0 Å². The summed E-state index contributed by atoms with van der Waals surface area (Å²) in [6.07, 6.45) is 0.239. The number of carboxylic acids is 1. The van der Waals surface area contributed by atoms with Crippen molar-refractivity contribution in [2.45, 2.75) is 32.4 Å². The van der Waals surface area contributed by atoms with Crippen molar-refractivity contribution in [2.75, 3.05) is 0 Å². The van der Waals surface area contributed by atoms with E-state index in [1.807, 2.05) is 30.3 Å². The summed E-state index contributed by atoms with van der Waals surface area (Å²) < 4.78 is 0. The number of hydrogen-bond acceptors (Lipinski definition) is 4. The zero-order valence-electron chi connectivity index (χ0n) is 15.3. The highest BCUT2D eigenvalue weighted by Gasteiger charge is 2.26. The van der Waals surface area contributed by atoms with Crippen LogP contribution in [0, 0.1) is 5.92 Å². The molecular weight excluding hydrogens is 344 g/mol. The molecule has 0 aliphatic heterocycles. The summed E-state index contributed by atoms with van der Waals surface area (Å²) in [5.41, 5.74) is 1.27. The normalized spacial score (nSPS) is 12.9. The van der Waals surface area contributed by atoms with E-state index in [2.05, 4.69) is 10.6 Å². The van der Waals surface area contributed by atoms with Crippen molar-refractivity contribution in [3.8, 4) is 0 Å². The van der Waals surface area contributed by atoms with Gasteiger partial charge in [0.05, 0.1) is 12.0 Å². The highest BCUT2D eigenvalue weighted by Crippen LogP contribution is 2.07. The Hall–Kier alpha value is -3.15. The summed E-state index contributed by atoms with van der Waals surface area (Å²) in [6, 6.07) is 15.7. The van der Waals surface area contributed by atoms with Gasteiger partial charge in [0.25, 0.3) is 5.91 Å². The second kappa shape index (κ2) is 9.52. The van der Waals surface area contributed by atoms with Crippen LogP contribution < -0.4 is 15.7 Å². The number of rotatable bonds is 8. The number of carbonyl (C=O) groups is 3. The first-order chi connectivity index (χ1) is 12.9. The minimum atomic E-state index is -1.36. The van der Waals surface area contributed by atoms with Gasteiger partial charge < -0.3 is 20.5 Å². The van der Waals surface area contributed by atoms with E-state index in [9.17, 15) is 19.5 Å². The summed E-state index contributed by atoms with van der Waals surface area (Å²) in [6.45, 7) is 3.35. The maximum atomic E-state index is 12.7. The maximum absolute atomic E-state index is 12.7. The molecule has 0 radical (unpaired) electrons. The van der Waals surface area contributed by atoms with E-state index in [0.29, 0.717) is 5.56 Å². The zero-order chi connectivity index (χ0) is 19.8. The summed E-state index contributed by atoms with van der Waals surface area (Å²) in [5.74, 6) is -2.67. The molecule has 0 aromatic heterocycles. The van der Waals surface area contributed by atoms with Gasteiger partial charge >= 0.3 is 0 Å². The Balaban J connectivity index is 2.19. The molecule has 0 saturated carbocycles. The second-order valence-corrected chi connectivity index (χ2v) is 6.63. The van der Waals surface area contributed by atoms with Crippen LogP contribution in [-0.4, -0.2) is 29.9 Å². The molecule has 0 fully saturated rings. The average Bonchev–Trinajstić information content (AvgIpc) is 2.66. The lowest BCUT2D eigenvalue weighted by Gasteiger charge is -2.26. The number of benzene rings is 2. The standard InChI is InChI=1S/C21H24N2O4/c1-14(2)18(21(26)27)23-20(25)17(13-15-9-5-3-6-10-15)22-19(24)16-11-7-4-8-12-16/h3-12,14,17-18H,13H2,1-2H3,(H,22,24)(H,23,25)(H,26,27)/p-1/t17-,18+/m1/s1. The van der Waals surface area contributed by atoms with Crippen molar-refractivity contribution in [3.05, 3.63) is 71.8 Å². The van der Waals surface area contributed by atoms with Crippen molar-refractivity contribution in [1.29, 1.82) is 0 Å². The van der Waals surface area contributed by atoms with Gasteiger partial charge in [0, 0.05) is 12.0 Å². The molecule has 2 atom stereocenters. The highest BCUT2D eigenvalue weighted by molar-refractivity contribution is 5.98. The zero-order valence-corrected chi connectivity index (χ0v) is 15.3. The number of amides is 2. The highest BCUT2D eigenvalue weighted by atomic mass is 16.4. The molecule has 0 aliphatic rings. The van der Waals surface area contributed by atoms with Crippen LogP contribution in [0.3, 0.4) is 0 Å². The molecule has 2 N–H and O–H groups in total. The van der Waals surface area contributed by atoms with Gasteiger partial charge in [-0.3, -0.25) is 9.59 Å². The topological polar surface area (TPSA) is 98.3 Å². The Morgan fingerprint density at radius 1 is 0.889 bits per heavy atom. The molecule has 27 heavy (non-hydrogen) atoms. The van der Waals surface area contributed by atoms with Crippen molar-refractivity contribution in [2.24, 2.45) is 5.92 Å². The third kappa shape index (κ3) is 5.95. The lowest BCUT2D eigenvalue weighted by Crippen LogP contribution is -2.56. The molecule has 0 aliphatic carbocycles. The molecular formula is C21H23N2O4-. The summed E-state index contributed by atoms with van der Waals surface area (Å²) in [4.78, 5) is 36.5. The fraction of sp³-hybridized carbons (Fsp3) is 0.286. The summed E-state index contributed by atoms with van der Waals surface area (Å²) in [7, 11) is 0. The minimum absolute atomic E-state index is 0.239. The summed E-state index contributed by atoms with van der Waals surface area (Å²) in [5, 5.41) is 16.5. The number of nitrogens with one attached hydrogen (secondary N) is 2. The molecule has 6 nitrogen and oxygen atoms in total. The van der Waals surface area contributed by atoms with Crippen LogP contribution >= 0.6 is 0 Å². The van der Waals surface area contributed by atoms with Gasteiger partial charge in [0.15, 0.2) is 0 Å². The molecule has 142 valence electrons. The van der Waals surface area contributed by atoms with Gasteiger partial charge in [-0.1, -0.05) is 62.4 Å². The van der Waals surface area contributed by atoms with Crippen LogP contribution in [0.15, 0.2) is 60.7 Å². The Morgan fingerprint density at radius 3 is 1.96 bits per heavy atom. The van der Waals surface area contributed by atoms with Crippen LogP contribution in [0.2, 0.25) is 0 Å². The largest absolute Gasteiger partial charge is 0.548 e. The van der Waals surface area contributed by atoms with Crippen LogP contribution in [-0.2, 0) is 16.0 Å². The molecule has 6 heteroatoms. The molecule has 0 bridgehead atoms. The van der Waals surface area contributed by atoms with E-state index in [0.717, 1.165) is 5.56 Å².